The van der Waals surface area contributed by atoms with Gasteiger partial charge in [0.25, 0.3) is 0 Å². The van der Waals surface area contributed by atoms with Crippen molar-refractivity contribution in [2.24, 2.45) is 0 Å². The zero-order valence-corrected chi connectivity index (χ0v) is 17.9. The van der Waals surface area contributed by atoms with E-state index >= 15 is 0 Å². The summed E-state index contributed by atoms with van der Waals surface area (Å²) in [7, 11) is 3.93. The Labute approximate surface area is 163 Å². The lowest BCUT2D eigenvalue weighted by atomic mass is 10.1. The first-order valence-corrected chi connectivity index (χ1v) is 9.86. The SMILES string of the molecule is CC(=O)NC[C@H]1CC[C@@H](CC(=O)N(C)Cc2c(C)nn(C(C)C)c2C)N1C. The van der Waals surface area contributed by atoms with E-state index in [1.165, 1.54) is 6.92 Å². The van der Waals surface area contributed by atoms with E-state index in [4.69, 9.17) is 0 Å². The smallest absolute Gasteiger partial charge is 0.224 e. The zero-order valence-electron chi connectivity index (χ0n) is 17.9. The van der Waals surface area contributed by atoms with E-state index in [9.17, 15) is 9.59 Å². The highest BCUT2D eigenvalue weighted by molar-refractivity contribution is 5.76. The number of carbonyl (C=O) groups is 2. The number of hydrogen-bond donors (Lipinski definition) is 1. The first-order chi connectivity index (χ1) is 12.6. The van der Waals surface area contributed by atoms with Crippen molar-refractivity contribution >= 4 is 11.8 Å². The van der Waals surface area contributed by atoms with Crippen molar-refractivity contribution in [3.63, 3.8) is 0 Å². The fourth-order valence-corrected chi connectivity index (χ4v) is 3.96. The highest BCUT2D eigenvalue weighted by Gasteiger charge is 2.32. The molecule has 0 aromatic carbocycles. The predicted octanol–water partition coefficient (Wildman–Crippen LogP) is 2.03. The van der Waals surface area contributed by atoms with Crippen molar-refractivity contribution in [3.8, 4) is 0 Å². The fraction of sp³-hybridized carbons (Fsp3) is 0.750. The van der Waals surface area contributed by atoms with Crippen LogP contribution in [0.4, 0.5) is 0 Å². The van der Waals surface area contributed by atoms with Gasteiger partial charge in [-0.2, -0.15) is 5.10 Å². The topological polar surface area (TPSA) is 70.5 Å². The van der Waals surface area contributed by atoms with Crippen molar-refractivity contribution in [3.05, 3.63) is 17.0 Å². The summed E-state index contributed by atoms with van der Waals surface area (Å²) >= 11 is 0. The van der Waals surface area contributed by atoms with Crippen LogP contribution in [0.3, 0.4) is 0 Å². The summed E-state index contributed by atoms with van der Waals surface area (Å²) in [6.07, 6.45) is 2.52. The summed E-state index contributed by atoms with van der Waals surface area (Å²) in [5.41, 5.74) is 3.27. The molecule has 0 spiro atoms. The molecule has 0 aliphatic carbocycles. The molecule has 2 atom stereocenters. The number of carbonyl (C=O) groups excluding carboxylic acids is 2. The predicted molar refractivity (Wildman–Crippen MR) is 106 cm³/mol. The van der Waals surface area contributed by atoms with Crippen LogP contribution in [0.25, 0.3) is 0 Å². The molecule has 1 saturated heterocycles. The number of nitrogens with zero attached hydrogens (tertiary/aromatic N) is 4. The second-order valence-corrected chi connectivity index (χ2v) is 8.13. The van der Waals surface area contributed by atoms with E-state index < -0.39 is 0 Å². The van der Waals surface area contributed by atoms with Gasteiger partial charge in [-0.25, -0.2) is 0 Å². The van der Waals surface area contributed by atoms with E-state index in [0.29, 0.717) is 31.6 Å². The Bertz CT molecular complexity index is 682. The molecular formula is C20H35N5O2. The molecule has 2 amide bonds. The maximum atomic E-state index is 12.8. The Kier molecular flexibility index (Phi) is 7.03. The molecule has 0 unspecified atom stereocenters. The van der Waals surface area contributed by atoms with Gasteiger partial charge < -0.3 is 10.2 Å². The molecule has 1 aliphatic heterocycles. The molecule has 1 aromatic heterocycles. The van der Waals surface area contributed by atoms with Gasteiger partial charge in [-0.1, -0.05) is 0 Å². The second-order valence-electron chi connectivity index (χ2n) is 8.13. The molecule has 1 aromatic rings. The van der Waals surface area contributed by atoms with Crippen LogP contribution in [0.2, 0.25) is 0 Å². The third-order valence-corrected chi connectivity index (χ3v) is 5.77. The number of aromatic nitrogens is 2. The van der Waals surface area contributed by atoms with Gasteiger partial charge in [0.05, 0.1) is 5.69 Å². The van der Waals surface area contributed by atoms with Gasteiger partial charge in [-0.3, -0.25) is 19.2 Å². The van der Waals surface area contributed by atoms with Crippen LogP contribution in [0.5, 0.6) is 0 Å². The van der Waals surface area contributed by atoms with Gasteiger partial charge in [0.1, 0.15) is 0 Å². The third kappa shape index (κ3) is 5.09. The monoisotopic (exact) mass is 377 g/mol. The van der Waals surface area contributed by atoms with E-state index in [0.717, 1.165) is 29.8 Å². The minimum Gasteiger partial charge on any atom is -0.355 e. The van der Waals surface area contributed by atoms with E-state index in [1.807, 2.05) is 23.6 Å². The van der Waals surface area contributed by atoms with Crippen LogP contribution >= 0.6 is 0 Å². The molecular weight excluding hydrogens is 342 g/mol. The molecule has 7 heteroatoms. The first kappa shape index (κ1) is 21.4. The van der Waals surface area contributed by atoms with Gasteiger partial charge in [-0.05, 0) is 47.6 Å². The van der Waals surface area contributed by atoms with Crippen LogP contribution in [-0.2, 0) is 16.1 Å². The number of rotatable bonds is 7. The Balaban J connectivity index is 1.94. The minimum atomic E-state index is -0.00431. The molecule has 7 nitrogen and oxygen atoms in total. The van der Waals surface area contributed by atoms with Gasteiger partial charge in [0.2, 0.25) is 11.8 Å². The normalized spacial score (nSPS) is 20.3. The maximum Gasteiger partial charge on any atom is 0.224 e. The molecule has 0 bridgehead atoms. The van der Waals surface area contributed by atoms with Gasteiger partial charge in [0, 0.05) is 62.9 Å². The van der Waals surface area contributed by atoms with E-state index in [-0.39, 0.29) is 17.9 Å². The average molecular weight is 378 g/mol. The van der Waals surface area contributed by atoms with Crippen molar-refractivity contribution in [1.29, 1.82) is 0 Å². The molecule has 1 fully saturated rings. The Morgan fingerprint density at radius 1 is 1.26 bits per heavy atom. The number of hydrogen-bond acceptors (Lipinski definition) is 4. The number of nitrogens with one attached hydrogen (secondary N) is 1. The molecule has 0 saturated carbocycles. The van der Waals surface area contributed by atoms with Crippen LogP contribution in [0, 0.1) is 13.8 Å². The van der Waals surface area contributed by atoms with Gasteiger partial charge in [-0.15, -0.1) is 0 Å². The summed E-state index contributed by atoms with van der Waals surface area (Å²) in [5, 5.41) is 7.50. The number of aryl methyl sites for hydroxylation is 1. The quantitative estimate of drug-likeness (QED) is 0.789. The van der Waals surface area contributed by atoms with Crippen LogP contribution in [0.1, 0.15) is 63.0 Å². The number of amides is 2. The standard InChI is InChI=1S/C20H35N5O2/c1-13(2)25-15(4)19(14(3)22-25)12-23(6)20(27)10-17-8-9-18(24(17)7)11-21-16(5)26/h13,17-18H,8-12H2,1-7H3,(H,21,26)/t17-,18+/m0/s1. The lowest BCUT2D eigenvalue weighted by Crippen LogP contribution is -2.42. The zero-order chi connectivity index (χ0) is 20.3. The summed E-state index contributed by atoms with van der Waals surface area (Å²) in [5.74, 6) is 0.151. The molecule has 152 valence electrons. The van der Waals surface area contributed by atoms with Crippen LogP contribution in [0.15, 0.2) is 0 Å². The van der Waals surface area contributed by atoms with Gasteiger partial charge >= 0.3 is 0 Å². The third-order valence-electron chi connectivity index (χ3n) is 5.77. The molecule has 27 heavy (non-hydrogen) atoms. The van der Waals surface area contributed by atoms with E-state index in [1.54, 1.807) is 0 Å². The highest BCUT2D eigenvalue weighted by Crippen LogP contribution is 2.25. The first-order valence-electron chi connectivity index (χ1n) is 9.86. The van der Waals surface area contributed by atoms with Crippen molar-refractivity contribution in [2.75, 3.05) is 20.6 Å². The molecule has 2 rings (SSSR count). The Hall–Kier alpha value is -1.89. The van der Waals surface area contributed by atoms with Crippen molar-refractivity contribution in [1.82, 2.24) is 24.9 Å². The number of likely N-dealkylation sites (tertiary alicyclic amines) is 1. The van der Waals surface area contributed by atoms with Crippen molar-refractivity contribution in [2.45, 2.75) is 78.6 Å². The van der Waals surface area contributed by atoms with E-state index in [2.05, 4.69) is 43.1 Å². The fourth-order valence-electron chi connectivity index (χ4n) is 3.96. The van der Waals surface area contributed by atoms with Crippen molar-refractivity contribution < 1.29 is 9.59 Å². The number of likely N-dealkylation sites (N-methyl/N-ethyl adjacent to an activating group) is 1. The molecule has 1 aliphatic rings. The minimum absolute atomic E-state index is 0.00431. The molecule has 0 radical (unpaired) electrons. The Morgan fingerprint density at radius 2 is 1.89 bits per heavy atom. The van der Waals surface area contributed by atoms with Crippen LogP contribution < -0.4 is 5.32 Å². The van der Waals surface area contributed by atoms with Crippen LogP contribution in [-0.4, -0.2) is 64.1 Å². The molecule has 2 heterocycles. The lowest BCUT2D eigenvalue weighted by molar-refractivity contribution is -0.131. The summed E-state index contributed by atoms with van der Waals surface area (Å²) in [6.45, 7) is 11.1. The second kappa shape index (κ2) is 8.87. The summed E-state index contributed by atoms with van der Waals surface area (Å²) < 4.78 is 2.03. The Morgan fingerprint density at radius 3 is 2.44 bits per heavy atom. The largest absolute Gasteiger partial charge is 0.355 e. The molecule has 1 N–H and O–H groups in total. The maximum absolute atomic E-state index is 12.8. The lowest BCUT2D eigenvalue weighted by Gasteiger charge is -2.27. The summed E-state index contributed by atoms with van der Waals surface area (Å²) in [4.78, 5) is 28.0. The van der Waals surface area contributed by atoms with Gasteiger partial charge in [0.15, 0.2) is 0 Å². The summed E-state index contributed by atoms with van der Waals surface area (Å²) in [6, 6.07) is 0.858. The average Bonchev–Trinajstić information content (AvgIpc) is 3.07. The highest BCUT2D eigenvalue weighted by atomic mass is 16.2.